The van der Waals surface area contributed by atoms with Crippen molar-refractivity contribution < 1.29 is 8.78 Å². The van der Waals surface area contributed by atoms with Crippen molar-refractivity contribution in [2.24, 2.45) is 4.99 Å². The van der Waals surface area contributed by atoms with Crippen LogP contribution in [-0.2, 0) is 0 Å². The van der Waals surface area contributed by atoms with Gasteiger partial charge in [0.15, 0.2) is 0 Å². The van der Waals surface area contributed by atoms with Crippen LogP contribution in [0.1, 0.15) is 26.7 Å². The highest BCUT2D eigenvalue weighted by Crippen LogP contribution is 2.25. The van der Waals surface area contributed by atoms with Gasteiger partial charge in [-0.15, -0.1) is 0 Å². The van der Waals surface area contributed by atoms with Crippen LogP contribution in [0.2, 0.25) is 0 Å². The van der Waals surface area contributed by atoms with E-state index in [1.807, 2.05) is 0 Å². The Morgan fingerprint density at radius 3 is 2.40 bits per heavy atom. The zero-order valence-electron chi connectivity index (χ0n) is 6.40. The molecule has 0 amide bonds. The van der Waals surface area contributed by atoms with Crippen molar-refractivity contribution in [2.45, 2.75) is 38.7 Å². The van der Waals surface area contributed by atoms with Gasteiger partial charge in [0.1, 0.15) is 6.04 Å². The minimum absolute atomic E-state index is 0.104. The maximum Gasteiger partial charge on any atom is 0.269 e. The van der Waals surface area contributed by atoms with Gasteiger partial charge in [0.05, 0.1) is 0 Å². The van der Waals surface area contributed by atoms with Crippen molar-refractivity contribution >= 4 is 6.72 Å². The van der Waals surface area contributed by atoms with Crippen LogP contribution >= 0.6 is 0 Å². The minimum Gasteiger partial charge on any atom is -0.292 e. The lowest BCUT2D eigenvalue weighted by Crippen LogP contribution is -2.28. The third kappa shape index (κ3) is 2.42. The quantitative estimate of drug-likeness (QED) is 0.544. The molecule has 0 rings (SSSR count). The van der Waals surface area contributed by atoms with E-state index in [1.54, 1.807) is 6.92 Å². The Balaban J connectivity index is 3.94. The average Bonchev–Trinajstić information content (AvgIpc) is 1.86. The van der Waals surface area contributed by atoms with E-state index < -0.39 is 12.0 Å². The smallest absolute Gasteiger partial charge is 0.269 e. The minimum atomic E-state index is -2.67. The highest BCUT2D eigenvalue weighted by atomic mass is 19.3. The number of hydrogen-bond acceptors (Lipinski definition) is 1. The van der Waals surface area contributed by atoms with Crippen LogP contribution < -0.4 is 0 Å². The summed E-state index contributed by atoms with van der Waals surface area (Å²) in [7, 11) is 0. The molecule has 0 aromatic rings. The van der Waals surface area contributed by atoms with Crippen LogP contribution in [0.3, 0.4) is 0 Å². The molecule has 0 heterocycles. The third-order valence-corrected chi connectivity index (χ3v) is 1.47. The third-order valence-electron chi connectivity index (χ3n) is 1.47. The van der Waals surface area contributed by atoms with Crippen molar-refractivity contribution in [1.29, 1.82) is 0 Å². The van der Waals surface area contributed by atoms with Gasteiger partial charge in [-0.25, -0.2) is 8.78 Å². The molecule has 0 bridgehead atoms. The number of alkyl halides is 2. The molecule has 0 aromatic carbocycles. The Labute approximate surface area is 60.2 Å². The Morgan fingerprint density at radius 2 is 2.10 bits per heavy atom. The zero-order chi connectivity index (χ0) is 8.20. The summed E-state index contributed by atoms with van der Waals surface area (Å²) < 4.78 is 25.4. The van der Waals surface area contributed by atoms with Crippen molar-refractivity contribution in [1.82, 2.24) is 0 Å². The molecule has 0 saturated carbocycles. The standard InChI is InChI=1S/C7H13F2N/c1-4-5-7(8,9)6(2)10-3/h6H,3-5H2,1-2H3. The van der Waals surface area contributed by atoms with E-state index >= 15 is 0 Å². The SMILES string of the molecule is C=NC(C)C(F)(F)CCC. The van der Waals surface area contributed by atoms with E-state index in [1.165, 1.54) is 6.92 Å². The van der Waals surface area contributed by atoms with Gasteiger partial charge in [0.2, 0.25) is 0 Å². The summed E-state index contributed by atoms with van der Waals surface area (Å²) in [5.74, 6) is -2.67. The lowest BCUT2D eigenvalue weighted by atomic mass is 10.1. The lowest BCUT2D eigenvalue weighted by Gasteiger charge is -2.18. The summed E-state index contributed by atoms with van der Waals surface area (Å²) in [5, 5.41) is 0. The molecule has 0 aromatic heterocycles. The first-order valence-corrected chi connectivity index (χ1v) is 3.38. The van der Waals surface area contributed by atoms with Crippen molar-refractivity contribution in [3.05, 3.63) is 0 Å². The van der Waals surface area contributed by atoms with E-state index in [9.17, 15) is 8.78 Å². The molecule has 0 saturated heterocycles. The van der Waals surface area contributed by atoms with Crippen LogP contribution in [0.4, 0.5) is 8.78 Å². The van der Waals surface area contributed by atoms with Gasteiger partial charge < -0.3 is 0 Å². The second kappa shape index (κ2) is 3.64. The topological polar surface area (TPSA) is 12.4 Å². The molecule has 0 fully saturated rings. The summed E-state index contributed by atoms with van der Waals surface area (Å²) in [5.41, 5.74) is 0. The molecule has 3 heteroatoms. The molecular weight excluding hydrogens is 136 g/mol. The molecule has 1 atom stereocenters. The summed E-state index contributed by atoms with van der Waals surface area (Å²) in [4.78, 5) is 3.28. The van der Waals surface area contributed by atoms with Crippen molar-refractivity contribution in [2.75, 3.05) is 0 Å². The Bertz CT molecular complexity index is 112. The predicted octanol–water partition coefficient (Wildman–Crippen LogP) is 2.51. The predicted molar refractivity (Wildman–Crippen MR) is 38.9 cm³/mol. The maximum atomic E-state index is 12.7. The van der Waals surface area contributed by atoms with Crippen LogP contribution in [0.25, 0.3) is 0 Å². The molecule has 0 spiro atoms. The summed E-state index contributed by atoms with van der Waals surface area (Å²) in [6.07, 6.45) is 0.375. The Hall–Kier alpha value is -0.470. The normalized spacial score (nSPS) is 14.8. The lowest BCUT2D eigenvalue weighted by molar-refractivity contribution is -0.0272. The van der Waals surface area contributed by atoms with E-state index in [-0.39, 0.29) is 6.42 Å². The van der Waals surface area contributed by atoms with Gasteiger partial charge in [-0.05, 0) is 13.6 Å². The molecule has 1 unspecified atom stereocenters. The van der Waals surface area contributed by atoms with Gasteiger partial charge >= 0.3 is 0 Å². The summed E-state index contributed by atoms with van der Waals surface area (Å²) in [6.45, 7) is 6.18. The highest BCUT2D eigenvalue weighted by molar-refractivity contribution is 5.24. The fraction of sp³-hybridized carbons (Fsp3) is 0.857. The molecule has 0 radical (unpaired) electrons. The average molecular weight is 149 g/mol. The van der Waals surface area contributed by atoms with Gasteiger partial charge in [-0.1, -0.05) is 13.3 Å². The number of halogens is 2. The summed E-state index contributed by atoms with van der Waals surface area (Å²) >= 11 is 0. The fourth-order valence-corrected chi connectivity index (χ4v) is 0.676. The fourth-order valence-electron chi connectivity index (χ4n) is 0.676. The molecular formula is C7H13F2N. The van der Waals surface area contributed by atoms with E-state index in [2.05, 4.69) is 11.7 Å². The molecule has 0 aliphatic heterocycles. The van der Waals surface area contributed by atoms with E-state index in [0.29, 0.717) is 6.42 Å². The number of aliphatic imine (C=N–C) groups is 1. The second-order valence-corrected chi connectivity index (χ2v) is 2.37. The van der Waals surface area contributed by atoms with Crippen molar-refractivity contribution in [3.63, 3.8) is 0 Å². The largest absolute Gasteiger partial charge is 0.292 e. The van der Waals surface area contributed by atoms with Gasteiger partial charge in [0, 0.05) is 6.42 Å². The number of rotatable bonds is 4. The first-order chi connectivity index (χ1) is 4.54. The molecule has 0 aliphatic carbocycles. The van der Waals surface area contributed by atoms with E-state index in [4.69, 9.17) is 0 Å². The second-order valence-electron chi connectivity index (χ2n) is 2.37. The first kappa shape index (κ1) is 9.53. The van der Waals surface area contributed by atoms with Crippen LogP contribution in [0, 0.1) is 0 Å². The zero-order valence-corrected chi connectivity index (χ0v) is 6.40. The molecule has 10 heavy (non-hydrogen) atoms. The molecule has 60 valence electrons. The molecule has 0 N–H and O–H groups in total. The van der Waals surface area contributed by atoms with Gasteiger partial charge in [0.25, 0.3) is 5.92 Å². The molecule has 0 aliphatic rings. The van der Waals surface area contributed by atoms with Crippen LogP contribution in [-0.4, -0.2) is 18.7 Å². The number of nitrogens with zero attached hydrogens (tertiary/aromatic N) is 1. The monoisotopic (exact) mass is 149 g/mol. The van der Waals surface area contributed by atoms with Crippen LogP contribution in [0.5, 0.6) is 0 Å². The van der Waals surface area contributed by atoms with E-state index in [0.717, 1.165) is 0 Å². The maximum absolute atomic E-state index is 12.7. The summed E-state index contributed by atoms with van der Waals surface area (Å²) in [6, 6.07) is -0.951. The molecule has 1 nitrogen and oxygen atoms in total. The Morgan fingerprint density at radius 1 is 1.60 bits per heavy atom. The van der Waals surface area contributed by atoms with Gasteiger partial charge in [-0.2, -0.15) is 0 Å². The first-order valence-electron chi connectivity index (χ1n) is 3.38. The highest BCUT2D eigenvalue weighted by Gasteiger charge is 2.34. The van der Waals surface area contributed by atoms with Crippen LogP contribution in [0.15, 0.2) is 4.99 Å². The Kier molecular flexibility index (Phi) is 3.47. The van der Waals surface area contributed by atoms with Gasteiger partial charge in [-0.3, -0.25) is 4.99 Å². The number of hydrogen-bond donors (Lipinski definition) is 0. The van der Waals surface area contributed by atoms with Crippen molar-refractivity contribution in [3.8, 4) is 0 Å².